The van der Waals surface area contributed by atoms with Gasteiger partial charge in [-0.1, -0.05) is 12.3 Å². The largest absolute Gasteiger partial charge is 0.296 e. The van der Waals surface area contributed by atoms with Crippen molar-refractivity contribution in [3.05, 3.63) is 18.1 Å². The van der Waals surface area contributed by atoms with Crippen molar-refractivity contribution in [3.63, 3.8) is 0 Å². The molecule has 0 saturated heterocycles. The molecule has 0 radical (unpaired) electrons. The highest BCUT2D eigenvalue weighted by Gasteiger charge is 2.06. The first-order valence-electron chi connectivity index (χ1n) is 1.52. The van der Waals surface area contributed by atoms with Crippen molar-refractivity contribution in [1.82, 2.24) is 0 Å². The monoisotopic (exact) mass is 108 g/mol. The Kier molecular flexibility index (Phi) is 2.23. The maximum absolute atomic E-state index is 11.2. The van der Waals surface area contributed by atoms with Crippen LogP contribution in [0.4, 0.5) is 13.2 Å². The van der Waals surface area contributed by atoms with Gasteiger partial charge in [-0.2, -0.15) is 4.39 Å². The lowest BCUT2D eigenvalue weighted by molar-refractivity contribution is 0.159. The van der Waals surface area contributed by atoms with Gasteiger partial charge in [0, 0.05) is 0 Å². The fourth-order valence-corrected chi connectivity index (χ4v) is 0.0772. The van der Waals surface area contributed by atoms with Gasteiger partial charge in [-0.15, -0.1) is 0 Å². The van der Waals surface area contributed by atoms with Crippen molar-refractivity contribution in [1.29, 1.82) is 0 Å². The van der Waals surface area contributed by atoms with Crippen LogP contribution in [0.1, 0.15) is 0 Å². The van der Waals surface area contributed by atoms with Gasteiger partial charge in [0.25, 0.3) is 6.43 Å². The minimum absolute atomic E-state index is 1.41. The average Bonchev–Trinajstić information content (AvgIpc) is 1.65. The lowest BCUT2D eigenvalue weighted by Gasteiger charge is -1.84. The predicted octanol–water partition coefficient (Wildman–Crippen LogP) is 1.89. The zero-order valence-corrected chi connectivity index (χ0v) is 3.42. The minimum atomic E-state index is -3.06. The van der Waals surface area contributed by atoms with E-state index in [9.17, 15) is 13.2 Å². The molecule has 0 aliphatic carbocycles. The topological polar surface area (TPSA) is 0 Å². The molecular formula is C4H3F3. The molecule has 0 aromatic carbocycles. The van der Waals surface area contributed by atoms with Crippen molar-refractivity contribution < 1.29 is 13.2 Å². The predicted molar refractivity (Wildman–Crippen MR) is 19.8 cm³/mol. The van der Waals surface area contributed by atoms with Gasteiger partial charge in [0.05, 0.1) is 0 Å². The quantitative estimate of drug-likeness (QED) is 0.450. The molecule has 0 bridgehead atoms. The van der Waals surface area contributed by atoms with Crippen LogP contribution in [-0.2, 0) is 0 Å². The maximum Gasteiger partial charge on any atom is 0.296 e. The van der Waals surface area contributed by atoms with Crippen LogP contribution in [0.5, 0.6) is 0 Å². The second-order valence-corrected chi connectivity index (χ2v) is 0.825. The molecule has 40 valence electrons. The molecule has 0 atom stereocenters. The van der Waals surface area contributed by atoms with Gasteiger partial charge in [-0.05, 0) is 0 Å². The molecule has 0 heterocycles. The van der Waals surface area contributed by atoms with Crippen molar-refractivity contribution in [2.75, 3.05) is 0 Å². The Morgan fingerprint density at radius 3 is 2.00 bits per heavy atom. The zero-order valence-electron chi connectivity index (χ0n) is 3.42. The molecule has 3 heteroatoms. The Morgan fingerprint density at radius 1 is 1.57 bits per heavy atom. The second kappa shape index (κ2) is 2.48. The van der Waals surface area contributed by atoms with Gasteiger partial charge >= 0.3 is 0 Å². The fraction of sp³-hybridized carbons (Fsp3) is 0.250. The Morgan fingerprint density at radius 2 is 2.00 bits per heavy atom. The molecule has 0 amide bonds. The Bertz CT molecular complexity index is 99.5. The number of rotatable bonds is 1. The maximum atomic E-state index is 11.2. The molecule has 0 aromatic rings. The molecule has 0 aliphatic rings. The highest BCUT2D eigenvalue weighted by Crippen LogP contribution is 2.05. The smallest absolute Gasteiger partial charge is 0.202 e. The summed E-state index contributed by atoms with van der Waals surface area (Å²) in [6.45, 7) is 2.66. The third-order valence-corrected chi connectivity index (χ3v) is 0.360. The van der Waals surface area contributed by atoms with Crippen molar-refractivity contribution in [2.24, 2.45) is 0 Å². The first-order chi connectivity index (χ1) is 3.18. The van der Waals surface area contributed by atoms with Crippen LogP contribution in [-0.4, -0.2) is 6.43 Å². The van der Waals surface area contributed by atoms with E-state index in [0.29, 0.717) is 0 Å². The van der Waals surface area contributed by atoms with E-state index in [1.807, 2.05) is 0 Å². The van der Waals surface area contributed by atoms with E-state index in [0.717, 1.165) is 0 Å². The van der Waals surface area contributed by atoms with Crippen molar-refractivity contribution in [2.45, 2.75) is 6.43 Å². The number of hydrogen-bond acceptors (Lipinski definition) is 0. The summed E-state index contributed by atoms with van der Waals surface area (Å²) in [5, 5.41) is 0. The van der Waals surface area contributed by atoms with Crippen LogP contribution in [0, 0.1) is 0 Å². The van der Waals surface area contributed by atoms with Gasteiger partial charge in [0.1, 0.15) is 0 Å². The van der Waals surface area contributed by atoms with E-state index < -0.39 is 12.3 Å². The minimum Gasteiger partial charge on any atom is -0.202 e. The Balaban J connectivity index is 3.81. The molecular weight excluding hydrogens is 105 g/mol. The van der Waals surface area contributed by atoms with E-state index >= 15 is 0 Å². The van der Waals surface area contributed by atoms with Crippen molar-refractivity contribution >= 4 is 0 Å². The molecule has 0 aliphatic heterocycles. The zero-order chi connectivity index (χ0) is 5.86. The SMILES string of the molecule is C=C=C(F)C(F)F. The molecule has 0 rings (SSSR count). The highest BCUT2D eigenvalue weighted by atomic mass is 19.3. The summed E-state index contributed by atoms with van der Waals surface area (Å²) in [5.41, 5.74) is 1.41. The first kappa shape index (κ1) is 6.31. The third-order valence-electron chi connectivity index (χ3n) is 0.360. The summed E-state index contributed by atoms with van der Waals surface area (Å²) >= 11 is 0. The number of allylic oxidation sites excluding steroid dienone is 1. The standard InChI is InChI=1S/C4H3F3/c1-2-3(5)4(6)7/h4H,1H2. The van der Waals surface area contributed by atoms with Crippen LogP contribution in [0.15, 0.2) is 18.1 Å². The van der Waals surface area contributed by atoms with Crippen LogP contribution in [0.25, 0.3) is 0 Å². The van der Waals surface area contributed by atoms with Gasteiger partial charge in [-0.25, -0.2) is 8.78 Å². The summed E-state index contributed by atoms with van der Waals surface area (Å²) in [7, 11) is 0. The Labute approximate surface area is 39.0 Å². The molecule has 0 unspecified atom stereocenters. The highest BCUT2D eigenvalue weighted by molar-refractivity contribution is 4.89. The Hall–Kier alpha value is -0.690. The van der Waals surface area contributed by atoms with E-state index in [2.05, 4.69) is 6.58 Å². The van der Waals surface area contributed by atoms with E-state index in [-0.39, 0.29) is 0 Å². The van der Waals surface area contributed by atoms with Crippen molar-refractivity contribution in [3.8, 4) is 0 Å². The molecule has 0 spiro atoms. The fourth-order valence-electron chi connectivity index (χ4n) is 0.0772. The van der Waals surface area contributed by atoms with E-state index in [1.165, 1.54) is 5.73 Å². The first-order valence-corrected chi connectivity index (χ1v) is 1.52. The number of halogens is 3. The molecule has 0 nitrogen and oxygen atoms in total. The molecule has 0 saturated carbocycles. The van der Waals surface area contributed by atoms with Crippen LogP contribution < -0.4 is 0 Å². The summed E-state index contributed by atoms with van der Waals surface area (Å²) < 4.78 is 33.1. The van der Waals surface area contributed by atoms with Gasteiger partial charge < -0.3 is 0 Å². The molecule has 0 aromatic heterocycles. The summed E-state index contributed by atoms with van der Waals surface area (Å²) in [4.78, 5) is 0. The molecule has 0 N–H and O–H groups in total. The van der Waals surface area contributed by atoms with Crippen LogP contribution >= 0.6 is 0 Å². The molecule has 0 fully saturated rings. The molecule has 7 heavy (non-hydrogen) atoms. The third kappa shape index (κ3) is 2.06. The van der Waals surface area contributed by atoms with E-state index in [1.54, 1.807) is 0 Å². The summed E-state index contributed by atoms with van der Waals surface area (Å²) in [6.07, 6.45) is -3.06. The summed E-state index contributed by atoms with van der Waals surface area (Å²) in [6, 6.07) is 0. The lowest BCUT2D eigenvalue weighted by atomic mass is 10.6. The number of alkyl halides is 2. The second-order valence-electron chi connectivity index (χ2n) is 0.825. The lowest BCUT2D eigenvalue weighted by Crippen LogP contribution is -1.86. The van der Waals surface area contributed by atoms with Crippen LogP contribution in [0.2, 0.25) is 0 Å². The number of hydrogen-bond donors (Lipinski definition) is 0. The summed E-state index contributed by atoms with van der Waals surface area (Å²) in [5.74, 6) is -1.60. The van der Waals surface area contributed by atoms with Crippen LogP contribution in [0.3, 0.4) is 0 Å². The van der Waals surface area contributed by atoms with Gasteiger partial charge in [-0.3, -0.25) is 0 Å². The normalized spacial score (nSPS) is 8.57. The average molecular weight is 108 g/mol. The van der Waals surface area contributed by atoms with Gasteiger partial charge in [0.15, 0.2) is 0 Å². The van der Waals surface area contributed by atoms with Gasteiger partial charge in [0.2, 0.25) is 5.83 Å². The van der Waals surface area contributed by atoms with E-state index in [4.69, 9.17) is 0 Å².